The number of benzene rings is 3. The maximum atomic E-state index is 13.9. The van der Waals surface area contributed by atoms with E-state index < -0.39 is 28.9 Å². The second kappa shape index (κ2) is 30.1. The number of hydrogen-bond donors (Lipinski definition) is 2. The minimum Gasteiger partial charge on any atom is -0.429 e. The van der Waals surface area contributed by atoms with Crippen LogP contribution in [-0.4, -0.2) is 99.7 Å². The number of ether oxygens (including phenoxy) is 5. The van der Waals surface area contributed by atoms with Crippen molar-refractivity contribution in [2.24, 2.45) is 11.0 Å². The van der Waals surface area contributed by atoms with Gasteiger partial charge in [-0.15, -0.1) is 0 Å². The number of nitrogens with one attached hydrogen (secondary N) is 2. The highest BCUT2D eigenvalue weighted by Gasteiger charge is 2.28. The van der Waals surface area contributed by atoms with Crippen LogP contribution < -0.4 is 15.4 Å². The number of amides is 1. The smallest absolute Gasteiger partial charge is 0.429 e. The molecule has 0 saturated carbocycles. The number of Topliss-reactive ketones (excluding diaryl/α,β-unsaturated/α-hetero) is 3. The first-order chi connectivity index (χ1) is 30.6. The van der Waals surface area contributed by atoms with Gasteiger partial charge in [0.15, 0.2) is 17.3 Å². The van der Waals surface area contributed by atoms with E-state index in [9.17, 15) is 34.1 Å². The van der Waals surface area contributed by atoms with E-state index in [1.54, 1.807) is 24.3 Å². The van der Waals surface area contributed by atoms with Gasteiger partial charge in [0.1, 0.15) is 25.6 Å². The zero-order valence-corrected chi connectivity index (χ0v) is 34.8. The van der Waals surface area contributed by atoms with Crippen LogP contribution in [0.3, 0.4) is 0 Å². The lowest BCUT2D eigenvalue weighted by molar-refractivity contribution is -0.384. The van der Waals surface area contributed by atoms with Gasteiger partial charge in [-0.25, -0.2) is 4.79 Å². The van der Waals surface area contributed by atoms with E-state index in [2.05, 4.69) is 20.7 Å². The van der Waals surface area contributed by atoms with Crippen molar-refractivity contribution in [2.45, 2.75) is 70.9 Å². The SMILES string of the molecule is [3H]CCNCCCCC(NC(=O)C(CC(=O)COCC(=O)CCCOCCOCCN=[N+]=[N-])Cc1ccccc1)C(=O)Cc1ccc(COC(=O)Oc2ccc([N+](=O)[O-])cc2)cc1. The lowest BCUT2D eigenvalue weighted by Crippen LogP contribution is -2.45. The molecule has 0 fully saturated rings. The second-order valence-corrected chi connectivity index (χ2v) is 14.1. The van der Waals surface area contributed by atoms with E-state index in [0.717, 1.165) is 5.56 Å². The second-order valence-electron chi connectivity index (χ2n) is 14.1. The van der Waals surface area contributed by atoms with E-state index in [0.29, 0.717) is 76.3 Å². The zero-order chi connectivity index (χ0) is 45.5. The number of rotatable bonds is 33. The summed E-state index contributed by atoms with van der Waals surface area (Å²) in [5, 5.41) is 20.3. The van der Waals surface area contributed by atoms with Crippen molar-refractivity contribution in [2.75, 3.05) is 59.3 Å². The molecule has 3 rings (SSSR count). The first kappa shape index (κ1) is 48.6. The molecule has 3 aromatic rings. The number of nitro benzene ring substituents is 1. The molecular weight excluding hydrogens is 805 g/mol. The summed E-state index contributed by atoms with van der Waals surface area (Å²) in [6.07, 6.45) is 1.40. The summed E-state index contributed by atoms with van der Waals surface area (Å²) in [4.78, 5) is 78.4. The number of carbonyl (C=O) groups is 5. The van der Waals surface area contributed by atoms with Crippen molar-refractivity contribution in [1.29, 1.82) is 0 Å². The third kappa shape index (κ3) is 21.5. The molecule has 0 aliphatic heterocycles. The minimum absolute atomic E-state index is 0.00377. The molecule has 1 amide bonds. The highest BCUT2D eigenvalue weighted by molar-refractivity contribution is 5.93. The average molecular weight is 863 g/mol. The van der Waals surface area contributed by atoms with Crippen molar-refractivity contribution in [1.82, 2.24) is 10.6 Å². The molecule has 3 aromatic carbocycles. The van der Waals surface area contributed by atoms with Crippen molar-refractivity contribution in [3.8, 4) is 5.75 Å². The molecule has 0 aliphatic rings. The normalized spacial score (nSPS) is 12.0. The molecule has 18 nitrogen and oxygen atoms in total. The Labute approximate surface area is 362 Å². The minimum atomic E-state index is -0.999. The van der Waals surface area contributed by atoms with E-state index in [1.165, 1.54) is 24.3 Å². The van der Waals surface area contributed by atoms with Gasteiger partial charge < -0.3 is 34.3 Å². The fourth-order valence-corrected chi connectivity index (χ4v) is 5.99. The number of nitro groups is 1. The Balaban J connectivity index is 1.55. The zero-order valence-electron chi connectivity index (χ0n) is 35.8. The summed E-state index contributed by atoms with van der Waals surface area (Å²) < 4.78 is 33.7. The summed E-state index contributed by atoms with van der Waals surface area (Å²) in [5.74, 6) is -1.99. The van der Waals surface area contributed by atoms with Crippen LogP contribution in [0.2, 0.25) is 0 Å². The molecule has 0 bridgehead atoms. The van der Waals surface area contributed by atoms with Crippen LogP contribution in [0.25, 0.3) is 10.4 Å². The number of ketones is 3. The maximum Gasteiger partial charge on any atom is 0.514 e. The number of unbranched alkanes of at least 4 members (excludes halogenated alkanes) is 1. The molecule has 2 unspecified atom stereocenters. The monoisotopic (exact) mass is 862 g/mol. The number of azide groups is 1. The van der Waals surface area contributed by atoms with Crippen LogP contribution in [0.15, 0.2) is 84.0 Å². The highest BCUT2D eigenvalue weighted by atomic mass is 16.7. The van der Waals surface area contributed by atoms with Crippen LogP contribution >= 0.6 is 0 Å². The Morgan fingerprint density at radius 1 is 0.839 bits per heavy atom. The molecule has 18 heteroatoms. The van der Waals surface area contributed by atoms with E-state index in [1.807, 2.05) is 30.3 Å². The maximum absolute atomic E-state index is 13.9. The van der Waals surface area contributed by atoms with Gasteiger partial charge in [0, 0.05) is 56.7 Å². The molecule has 2 atom stereocenters. The molecule has 0 heterocycles. The van der Waals surface area contributed by atoms with Gasteiger partial charge in [-0.2, -0.15) is 0 Å². The van der Waals surface area contributed by atoms with Crippen molar-refractivity contribution in [3.05, 3.63) is 116 Å². The molecule has 334 valence electrons. The van der Waals surface area contributed by atoms with Crippen LogP contribution in [-0.2, 0) is 57.6 Å². The molecule has 2 N–H and O–H groups in total. The number of non-ortho nitro benzene ring substituents is 1. The van der Waals surface area contributed by atoms with Gasteiger partial charge >= 0.3 is 6.16 Å². The molecule has 0 radical (unpaired) electrons. The van der Waals surface area contributed by atoms with Crippen molar-refractivity contribution >= 4 is 35.1 Å². The van der Waals surface area contributed by atoms with Gasteiger partial charge in [-0.1, -0.05) is 66.6 Å². The average Bonchev–Trinajstić information content (AvgIpc) is 3.27. The topological polar surface area (TPSA) is 247 Å². The van der Waals surface area contributed by atoms with Gasteiger partial charge in [0.2, 0.25) is 5.91 Å². The first-order valence-corrected chi connectivity index (χ1v) is 20.4. The fourth-order valence-electron chi connectivity index (χ4n) is 5.99. The summed E-state index contributed by atoms with van der Waals surface area (Å²) in [7, 11) is 0. The molecular formula is C44H56N6O12. The van der Waals surface area contributed by atoms with Crippen LogP contribution in [0, 0.1) is 16.0 Å². The van der Waals surface area contributed by atoms with Gasteiger partial charge in [0.25, 0.3) is 5.69 Å². The molecule has 0 aromatic heterocycles. The Hall–Kier alpha value is -6.04. The van der Waals surface area contributed by atoms with Crippen LogP contribution in [0.4, 0.5) is 10.5 Å². The predicted octanol–water partition coefficient (Wildman–Crippen LogP) is 6.21. The number of hydrogen-bond acceptors (Lipinski definition) is 14. The van der Waals surface area contributed by atoms with Gasteiger partial charge in [0.05, 0.1) is 30.8 Å². The van der Waals surface area contributed by atoms with Gasteiger partial charge in [-0.3, -0.25) is 29.3 Å². The van der Waals surface area contributed by atoms with Crippen molar-refractivity contribution in [3.63, 3.8) is 0 Å². The Bertz CT molecular complexity index is 1910. The highest BCUT2D eigenvalue weighted by Crippen LogP contribution is 2.19. The summed E-state index contributed by atoms with van der Waals surface area (Å²) >= 11 is 0. The molecule has 0 saturated heterocycles. The van der Waals surface area contributed by atoms with E-state index in [4.69, 9.17) is 30.6 Å². The quantitative estimate of drug-likeness (QED) is 0.0101. The predicted molar refractivity (Wildman–Crippen MR) is 227 cm³/mol. The van der Waals surface area contributed by atoms with E-state index >= 15 is 0 Å². The van der Waals surface area contributed by atoms with Crippen LogP contribution in [0.1, 0.15) is 63.5 Å². The standard InChI is InChI=1S/C44H56N6O12/c1-2-46-21-7-6-12-41(42(53)28-34-13-15-35(16-14-34)30-61-44(55)62-40-19-17-37(18-20-40)50(56)57)48-43(54)36(27-33-9-4-3-5-10-33)29-39(52)32-60-31-38(51)11-8-23-58-25-26-59-24-22-47-49-45/h3-5,9-10,13-20,36,41,46H,2,6-8,11-12,21-32H2,1H3,(H,48,54)/i1T. The molecule has 62 heavy (non-hydrogen) atoms. The number of carbonyl (C=O) groups excluding carboxylic acids is 5. The molecule has 0 spiro atoms. The van der Waals surface area contributed by atoms with Crippen molar-refractivity contribution < 1.29 is 54.0 Å². The lowest BCUT2D eigenvalue weighted by Gasteiger charge is -2.22. The lowest BCUT2D eigenvalue weighted by atomic mass is 9.92. The first-order valence-electron chi connectivity index (χ1n) is 21.1. The summed E-state index contributed by atoms with van der Waals surface area (Å²) in [5.41, 5.74) is 10.2. The largest absolute Gasteiger partial charge is 0.514 e. The van der Waals surface area contributed by atoms with Crippen LogP contribution in [0.5, 0.6) is 5.75 Å². The Kier molecular flexibility index (Phi) is 23.6. The Morgan fingerprint density at radius 2 is 1.55 bits per heavy atom. The fraction of sp³-hybridized carbons (Fsp3) is 0.477. The summed E-state index contributed by atoms with van der Waals surface area (Å²) in [6.45, 7) is 2.22. The number of nitrogens with zero attached hydrogens (tertiary/aromatic N) is 4. The van der Waals surface area contributed by atoms with Gasteiger partial charge in [-0.05, 0) is 79.5 Å². The van der Waals surface area contributed by atoms with E-state index in [-0.39, 0.29) is 87.7 Å². The molecule has 0 aliphatic carbocycles. The third-order valence-corrected chi connectivity index (χ3v) is 9.20. The Morgan fingerprint density at radius 3 is 2.26 bits per heavy atom. The summed E-state index contributed by atoms with van der Waals surface area (Å²) in [6, 6.07) is 20.1. The third-order valence-electron chi connectivity index (χ3n) is 9.20.